The number of benzene rings is 1. The van der Waals surface area contributed by atoms with E-state index in [4.69, 9.17) is 4.74 Å². The van der Waals surface area contributed by atoms with Crippen LogP contribution in [0.4, 0.5) is 0 Å². The molecule has 4 rings (SSSR count). The summed E-state index contributed by atoms with van der Waals surface area (Å²) < 4.78 is 5.57. The molecule has 25 heavy (non-hydrogen) atoms. The van der Waals surface area contributed by atoms with E-state index < -0.39 is 0 Å². The number of amides is 1. The van der Waals surface area contributed by atoms with Crippen LogP contribution in [0.15, 0.2) is 42.7 Å². The van der Waals surface area contributed by atoms with Crippen LogP contribution in [0, 0.1) is 0 Å². The van der Waals surface area contributed by atoms with Gasteiger partial charge in [0.05, 0.1) is 13.0 Å². The molecule has 2 aliphatic rings. The lowest BCUT2D eigenvalue weighted by atomic mass is 10.1. The van der Waals surface area contributed by atoms with E-state index in [-0.39, 0.29) is 5.91 Å². The van der Waals surface area contributed by atoms with E-state index in [0.29, 0.717) is 6.42 Å². The van der Waals surface area contributed by atoms with Gasteiger partial charge < -0.3 is 9.64 Å². The maximum absolute atomic E-state index is 12.4. The Morgan fingerprint density at radius 3 is 2.80 bits per heavy atom. The van der Waals surface area contributed by atoms with E-state index in [1.807, 2.05) is 17.0 Å². The molecule has 0 unspecified atom stereocenters. The Morgan fingerprint density at radius 1 is 1.12 bits per heavy atom. The Hall–Kier alpha value is -2.40. The first-order valence-corrected chi connectivity index (χ1v) is 8.91. The highest BCUT2D eigenvalue weighted by molar-refractivity contribution is 5.78. The quantitative estimate of drug-likeness (QED) is 0.855. The molecule has 1 aromatic carbocycles. The first kappa shape index (κ1) is 16.1. The van der Waals surface area contributed by atoms with Crippen molar-refractivity contribution in [1.82, 2.24) is 14.8 Å². The van der Waals surface area contributed by atoms with Gasteiger partial charge in [-0.15, -0.1) is 0 Å². The number of ether oxygens (including phenoxy) is 1. The van der Waals surface area contributed by atoms with Gasteiger partial charge in [0.1, 0.15) is 5.75 Å². The first-order valence-electron chi connectivity index (χ1n) is 8.91. The van der Waals surface area contributed by atoms with Crippen molar-refractivity contribution in [3.05, 3.63) is 59.4 Å². The molecule has 5 nitrogen and oxygen atoms in total. The number of nitrogens with zero attached hydrogens (tertiary/aromatic N) is 3. The van der Waals surface area contributed by atoms with Crippen molar-refractivity contribution in [3.63, 3.8) is 0 Å². The molecule has 0 atom stereocenters. The fourth-order valence-electron chi connectivity index (χ4n) is 3.54. The van der Waals surface area contributed by atoms with E-state index in [2.05, 4.69) is 28.1 Å². The van der Waals surface area contributed by atoms with Crippen LogP contribution in [0.5, 0.6) is 5.75 Å². The lowest BCUT2D eigenvalue weighted by Crippen LogP contribution is -2.48. The number of rotatable bonds is 4. The minimum atomic E-state index is 0.197. The van der Waals surface area contributed by atoms with Gasteiger partial charge in [0.25, 0.3) is 0 Å². The molecule has 1 fully saturated rings. The highest BCUT2D eigenvalue weighted by atomic mass is 16.5. The second-order valence-electron chi connectivity index (χ2n) is 6.74. The molecule has 3 heterocycles. The number of aromatic nitrogens is 1. The maximum atomic E-state index is 12.4. The van der Waals surface area contributed by atoms with Crippen molar-refractivity contribution in [2.24, 2.45) is 0 Å². The van der Waals surface area contributed by atoms with Crippen molar-refractivity contribution in [2.75, 3.05) is 32.8 Å². The van der Waals surface area contributed by atoms with Gasteiger partial charge in [-0.05, 0) is 28.8 Å². The van der Waals surface area contributed by atoms with Crippen LogP contribution in [0.1, 0.15) is 16.7 Å². The normalized spacial score (nSPS) is 17.2. The van der Waals surface area contributed by atoms with Gasteiger partial charge in [-0.25, -0.2) is 0 Å². The molecular formula is C20H23N3O2. The predicted octanol–water partition coefficient (Wildman–Crippen LogP) is 1.90. The Labute approximate surface area is 148 Å². The number of carbonyl (C=O) groups excluding carboxylic acids is 1. The molecule has 0 N–H and O–H groups in total. The fourth-order valence-corrected chi connectivity index (χ4v) is 3.54. The fraction of sp³-hybridized carbons (Fsp3) is 0.400. The van der Waals surface area contributed by atoms with Gasteiger partial charge >= 0.3 is 0 Å². The highest BCUT2D eigenvalue weighted by Crippen LogP contribution is 2.26. The molecule has 1 aromatic heterocycles. The third-order valence-corrected chi connectivity index (χ3v) is 4.96. The molecule has 1 amide bonds. The SMILES string of the molecule is O=C(Cc1cccnc1)N1CCN(Cc2ccc3c(c2)CCO3)CC1. The number of piperazine rings is 1. The summed E-state index contributed by atoms with van der Waals surface area (Å²) in [5.74, 6) is 1.23. The summed E-state index contributed by atoms with van der Waals surface area (Å²) in [5, 5.41) is 0. The van der Waals surface area contributed by atoms with Gasteiger partial charge in [0, 0.05) is 51.5 Å². The van der Waals surface area contributed by atoms with E-state index >= 15 is 0 Å². The molecule has 1 saturated heterocycles. The van der Waals surface area contributed by atoms with Crippen molar-refractivity contribution in [1.29, 1.82) is 0 Å². The molecule has 0 bridgehead atoms. The van der Waals surface area contributed by atoms with Crippen LogP contribution in [0.2, 0.25) is 0 Å². The van der Waals surface area contributed by atoms with E-state index in [1.54, 1.807) is 12.4 Å². The van der Waals surface area contributed by atoms with Crippen molar-refractivity contribution < 1.29 is 9.53 Å². The summed E-state index contributed by atoms with van der Waals surface area (Å²) >= 11 is 0. The Kier molecular flexibility index (Phi) is 4.65. The largest absolute Gasteiger partial charge is 0.493 e. The molecule has 2 aliphatic heterocycles. The zero-order chi connectivity index (χ0) is 17.1. The predicted molar refractivity (Wildman–Crippen MR) is 95.4 cm³/mol. The molecule has 0 saturated carbocycles. The standard InChI is InChI=1S/C20H23N3O2/c24-20(13-16-2-1-6-21-14-16)23-9-7-22(8-10-23)15-17-3-4-19-18(12-17)5-11-25-19/h1-4,6,12,14H,5,7-11,13,15H2. The summed E-state index contributed by atoms with van der Waals surface area (Å²) in [7, 11) is 0. The summed E-state index contributed by atoms with van der Waals surface area (Å²) in [6, 6.07) is 10.3. The van der Waals surface area contributed by atoms with Gasteiger partial charge in [0.2, 0.25) is 5.91 Å². The molecular weight excluding hydrogens is 314 g/mol. The summed E-state index contributed by atoms with van der Waals surface area (Å²) in [6.45, 7) is 5.19. The van der Waals surface area contributed by atoms with Crippen LogP contribution in [-0.2, 0) is 24.2 Å². The third-order valence-electron chi connectivity index (χ3n) is 4.96. The first-order chi connectivity index (χ1) is 12.3. The monoisotopic (exact) mass is 337 g/mol. The molecule has 0 radical (unpaired) electrons. The van der Waals surface area contributed by atoms with Gasteiger partial charge in [-0.1, -0.05) is 18.2 Å². The van der Waals surface area contributed by atoms with Crippen LogP contribution in [0.3, 0.4) is 0 Å². The summed E-state index contributed by atoms with van der Waals surface area (Å²) in [5.41, 5.74) is 3.64. The van der Waals surface area contributed by atoms with Crippen LogP contribution in [0.25, 0.3) is 0 Å². The lowest BCUT2D eigenvalue weighted by Gasteiger charge is -2.35. The Morgan fingerprint density at radius 2 is 2.00 bits per heavy atom. The van der Waals surface area contributed by atoms with Gasteiger partial charge in [0.15, 0.2) is 0 Å². The summed E-state index contributed by atoms with van der Waals surface area (Å²) in [6.07, 6.45) is 4.96. The zero-order valence-corrected chi connectivity index (χ0v) is 14.4. The maximum Gasteiger partial charge on any atom is 0.227 e. The van der Waals surface area contributed by atoms with Crippen molar-refractivity contribution >= 4 is 5.91 Å². The van der Waals surface area contributed by atoms with Crippen LogP contribution >= 0.6 is 0 Å². The van der Waals surface area contributed by atoms with Crippen molar-refractivity contribution in [3.8, 4) is 5.75 Å². The minimum absolute atomic E-state index is 0.197. The number of pyridine rings is 1. The number of carbonyl (C=O) groups is 1. The molecule has 0 spiro atoms. The van der Waals surface area contributed by atoms with Crippen molar-refractivity contribution in [2.45, 2.75) is 19.4 Å². The lowest BCUT2D eigenvalue weighted by molar-refractivity contribution is -0.132. The van der Waals surface area contributed by atoms with E-state index in [1.165, 1.54) is 11.1 Å². The average molecular weight is 337 g/mol. The highest BCUT2D eigenvalue weighted by Gasteiger charge is 2.21. The van der Waals surface area contributed by atoms with E-state index in [0.717, 1.165) is 57.1 Å². The minimum Gasteiger partial charge on any atom is -0.493 e. The summed E-state index contributed by atoms with van der Waals surface area (Å²) in [4.78, 5) is 20.9. The average Bonchev–Trinajstić information content (AvgIpc) is 3.11. The second kappa shape index (κ2) is 7.23. The molecule has 5 heteroatoms. The third kappa shape index (κ3) is 3.82. The molecule has 130 valence electrons. The Bertz CT molecular complexity index is 740. The number of fused-ring (bicyclic) bond motifs is 1. The second-order valence-corrected chi connectivity index (χ2v) is 6.74. The zero-order valence-electron chi connectivity index (χ0n) is 14.4. The smallest absolute Gasteiger partial charge is 0.227 e. The number of hydrogen-bond donors (Lipinski definition) is 0. The van der Waals surface area contributed by atoms with Gasteiger partial charge in [-0.2, -0.15) is 0 Å². The molecule has 2 aromatic rings. The number of hydrogen-bond acceptors (Lipinski definition) is 4. The Balaban J connectivity index is 1.29. The van der Waals surface area contributed by atoms with Crippen LogP contribution < -0.4 is 4.74 Å². The topological polar surface area (TPSA) is 45.7 Å². The van der Waals surface area contributed by atoms with E-state index in [9.17, 15) is 4.79 Å². The van der Waals surface area contributed by atoms with Crippen LogP contribution in [-0.4, -0.2) is 53.5 Å². The molecule has 0 aliphatic carbocycles. The van der Waals surface area contributed by atoms with Gasteiger partial charge in [-0.3, -0.25) is 14.7 Å².